The maximum Gasteiger partial charge on any atom is 0.417 e. The van der Waals surface area contributed by atoms with Gasteiger partial charge < -0.3 is 4.74 Å². The summed E-state index contributed by atoms with van der Waals surface area (Å²) in [7, 11) is 1.12. The molecule has 2 rings (SSSR count). The van der Waals surface area contributed by atoms with Crippen molar-refractivity contribution in [2.45, 2.75) is 6.18 Å². The van der Waals surface area contributed by atoms with Gasteiger partial charge in [-0.2, -0.15) is 18.3 Å². The van der Waals surface area contributed by atoms with E-state index in [0.717, 1.165) is 19.3 Å². The van der Waals surface area contributed by atoms with Gasteiger partial charge in [0.1, 0.15) is 0 Å². The number of hydrogen-bond acceptors (Lipinski definition) is 6. The molecule has 0 saturated carbocycles. The van der Waals surface area contributed by atoms with Crippen LogP contribution in [0.5, 0.6) is 0 Å². The van der Waals surface area contributed by atoms with E-state index >= 15 is 0 Å². The van der Waals surface area contributed by atoms with Gasteiger partial charge >= 0.3 is 12.1 Å². The summed E-state index contributed by atoms with van der Waals surface area (Å²) in [5, 5.41) is 8.45. The number of amides is 1. The molecule has 1 amide bonds. The van der Waals surface area contributed by atoms with Crippen LogP contribution in [0.2, 0.25) is 5.02 Å². The van der Waals surface area contributed by atoms with Gasteiger partial charge in [0.05, 0.1) is 28.8 Å². The maximum atomic E-state index is 13.9. The number of hydrogen-bond donors (Lipinski definition) is 1. The number of halogens is 5. The van der Waals surface area contributed by atoms with Gasteiger partial charge in [0.2, 0.25) is 0 Å². The van der Waals surface area contributed by atoms with Crippen molar-refractivity contribution in [3.63, 3.8) is 0 Å². The Balaban J connectivity index is 2.28. The van der Waals surface area contributed by atoms with Crippen molar-refractivity contribution in [3.05, 3.63) is 45.1 Å². The third-order valence-corrected chi connectivity index (χ3v) is 4.07. The summed E-state index contributed by atoms with van der Waals surface area (Å²) in [6.45, 7) is 0. The average Bonchev–Trinajstić information content (AvgIpc) is 2.90. The lowest BCUT2D eigenvalue weighted by molar-refractivity contribution is -0.138. The summed E-state index contributed by atoms with van der Waals surface area (Å²) >= 11 is 6.20. The highest BCUT2D eigenvalue weighted by molar-refractivity contribution is 8.18. The zero-order valence-electron chi connectivity index (χ0n) is 12.7. The molecule has 1 fully saturated rings. The van der Waals surface area contributed by atoms with Crippen molar-refractivity contribution in [3.8, 4) is 0 Å². The highest BCUT2D eigenvalue weighted by atomic mass is 35.5. The largest absolute Gasteiger partial charge is 0.466 e. The molecule has 1 aliphatic heterocycles. The number of carbonyl (C=O) groups is 2. The van der Waals surface area contributed by atoms with Gasteiger partial charge in [-0.3, -0.25) is 10.1 Å². The number of alkyl halides is 3. The molecule has 1 saturated heterocycles. The minimum atomic E-state index is -4.83. The molecule has 12 heteroatoms. The van der Waals surface area contributed by atoms with Crippen molar-refractivity contribution in [1.82, 2.24) is 5.32 Å². The number of thioether (sulfide) groups is 1. The lowest BCUT2D eigenvalue weighted by Gasteiger charge is -2.11. The van der Waals surface area contributed by atoms with Crippen LogP contribution in [0.1, 0.15) is 11.1 Å². The van der Waals surface area contributed by atoms with Crippen LogP contribution in [0.15, 0.2) is 33.3 Å². The Morgan fingerprint density at radius 1 is 1.38 bits per heavy atom. The van der Waals surface area contributed by atoms with E-state index in [1.165, 1.54) is 0 Å². The van der Waals surface area contributed by atoms with E-state index in [2.05, 4.69) is 20.3 Å². The third kappa shape index (κ3) is 4.61. The van der Waals surface area contributed by atoms with Crippen molar-refractivity contribution < 1.29 is 31.9 Å². The summed E-state index contributed by atoms with van der Waals surface area (Å²) in [5.74, 6) is -2.75. The summed E-state index contributed by atoms with van der Waals surface area (Å²) in [5.41, 5.74) is -2.17. The third-order valence-electron chi connectivity index (χ3n) is 2.87. The Morgan fingerprint density at radius 3 is 2.69 bits per heavy atom. The van der Waals surface area contributed by atoms with Gasteiger partial charge in [-0.15, -0.1) is 5.10 Å². The van der Waals surface area contributed by atoms with Gasteiger partial charge in [-0.1, -0.05) is 11.6 Å². The zero-order valence-corrected chi connectivity index (χ0v) is 14.3. The quantitative estimate of drug-likeness (QED) is 0.273. The lowest BCUT2D eigenvalue weighted by atomic mass is 10.1. The normalized spacial score (nSPS) is 18.0. The zero-order chi connectivity index (χ0) is 19.5. The molecule has 1 N–H and O–H groups in total. The molecule has 0 radical (unpaired) electrons. The predicted molar refractivity (Wildman–Crippen MR) is 87.3 cm³/mol. The van der Waals surface area contributed by atoms with Crippen LogP contribution in [-0.4, -0.2) is 30.4 Å². The Morgan fingerprint density at radius 2 is 2.08 bits per heavy atom. The predicted octanol–water partition coefficient (Wildman–Crippen LogP) is 3.11. The first-order valence-corrected chi connectivity index (χ1v) is 7.78. The SMILES string of the molecule is COC(=O)/C=C1/S/C(=N\N=Cc2c(C(F)(F)F)ccc(Cl)c2F)NC1=O. The molecule has 0 aliphatic carbocycles. The first-order valence-electron chi connectivity index (χ1n) is 6.58. The van der Waals surface area contributed by atoms with Gasteiger partial charge in [-0.05, 0) is 23.9 Å². The fourth-order valence-electron chi connectivity index (χ4n) is 1.72. The molecule has 0 spiro atoms. The molecule has 1 heterocycles. The number of esters is 1. The fourth-order valence-corrected chi connectivity index (χ4v) is 2.62. The minimum Gasteiger partial charge on any atom is -0.466 e. The molecule has 0 atom stereocenters. The molecule has 0 bridgehead atoms. The number of benzene rings is 1. The summed E-state index contributed by atoms with van der Waals surface area (Å²) in [4.78, 5) is 22.6. The standard InChI is InChI=1S/C14H8ClF4N3O3S/c1-25-10(23)4-9-12(24)21-13(26-9)22-20-5-6-7(14(17,18)19)2-3-8(15)11(6)16/h2-5H,1H3,(H,21,22,24)/b9-4+,20-5?. The molecular formula is C14H8ClF4N3O3S. The second-order valence-electron chi connectivity index (χ2n) is 4.56. The van der Waals surface area contributed by atoms with Crippen molar-refractivity contribution in [1.29, 1.82) is 0 Å². The van der Waals surface area contributed by atoms with E-state index in [1.807, 2.05) is 0 Å². The number of nitrogens with one attached hydrogen (secondary N) is 1. The number of ether oxygens (including phenoxy) is 1. The van der Waals surface area contributed by atoms with Gasteiger partial charge in [0.25, 0.3) is 5.91 Å². The average molecular weight is 410 g/mol. The topological polar surface area (TPSA) is 80.1 Å². The molecule has 0 unspecified atom stereocenters. The number of methoxy groups -OCH3 is 1. The molecule has 138 valence electrons. The fraction of sp³-hybridized carbons (Fsp3) is 0.143. The molecule has 6 nitrogen and oxygen atoms in total. The minimum absolute atomic E-state index is 0.0456. The highest BCUT2D eigenvalue weighted by Gasteiger charge is 2.34. The van der Waals surface area contributed by atoms with Crippen molar-refractivity contribution >= 4 is 46.6 Å². The van der Waals surface area contributed by atoms with E-state index in [1.54, 1.807) is 0 Å². The van der Waals surface area contributed by atoms with Crippen LogP contribution in [0.4, 0.5) is 17.6 Å². The molecule has 1 aliphatic rings. The van der Waals surface area contributed by atoms with Crippen molar-refractivity contribution in [2.75, 3.05) is 7.11 Å². The number of carbonyl (C=O) groups excluding carboxylic acids is 2. The molecule has 26 heavy (non-hydrogen) atoms. The number of amidine groups is 1. The summed E-state index contributed by atoms with van der Waals surface area (Å²) in [6, 6.07) is 1.39. The Labute approximate surface area is 152 Å². The summed E-state index contributed by atoms with van der Waals surface area (Å²) in [6.07, 6.45) is -3.39. The smallest absolute Gasteiger partial charge is 0.417 e. The molecular weight excluding hydrogens is 402 g/mol. The Hall–Kier alpha value is -2.40. The van der Waals surface area contributed by atoms with E-state index in [0.29, 0.717) is 24.0 Å². The van der Waals surface area contributed by atoms with E-state index in [9.17, 15) is 27.2 Å². The monoisotopic (exact) mass is 409 g/mol. The Bertz CT molecular complexity index is 853. The Kier molecular flexibility index (Phi) is 6.03. The van der Waals surface area contributed by atoms with Crippen LogP contribution < -0.4 is 5.32 Å². The van der Waals surface area contributed by atoms with Crippen molar-refractivity contribution in [2.24, 2.45) is 10.2 Å². The maximum absolute atomic E-state index is 13.9. The summed E-state index contributed by atoms with van der Waals surface area (Å²) < 4.78 is 57.0. The molecule has 0 aromatic heterocycles. The van der Waals surface area contributed by atoms with Gasteiger partial charge in [0.15, 0.2) is 11.0 Å². The molecule has 1 aromatic carbocycles. The van der Waals surface area contributed by atoms with Crippen LogP contribution in [-0.2, 0) is 20.5 Å². The number of rotatable bonds is 3. The van der Waals surface area contributed by atoms with Crippen LogP contribution in [0.25, 0.3) is 0 Å². The van der Waals surface area contributed by atoms with E-state index in [-0.39, 0.29) is 10.1 Å². The van der Waals surface area contributed by atoms with Crippen LogP contribution in [0, 0.1) is 5.82 Å². The van der Waals surface area contributed by atoms with E-state index in [4.69, 9.17) is 11.6 Å². The molecule has 1 aromatic rings. The lowest BCUT2D eigenvalue weighted by Crippen LogP contribution is -2.19. The first-order chi connectivity index (χ1) is 12.1. The van der Waals surface area contributed by atoms with E-state index < -0.39 is 40.0 Å². The van der Waals surface area contributed by atoms with Crippen LogP contribution in [0.3, 0.4) is 0 Å². The van der Waals surface area contributed by atoms with Gasteiger partial charge in [-0.25, -0.2) is 9.18 Å². The van der Waals surface area contributed by atoms with Crippen LogP contribution >= 0.6 is 23.4 Å². The van der Waals surface area contributed by atoms with Gasteiger partial charge in [0, 0.05) is 11.6 Å². The highest BCUT2D eigenvalue weighted by Crippen LogP contribution is 2.34. The second-order valence-corrected chi connectivity index (χ2v) is 6.00. The number of nitrogens with zero attached hydrogens (tertiary/aromatic N) is 2. The first kappa shape index (κ1) is 19.9. The second kappa shape index (κ2) is 7.87.